The molecule has 0 unspecified atom stereocenters. The summed E-state index contributed by atoms with van der Waals surface area (Å²) in [6.07, 6.45) is 1.95. The van der Waals surface area contributed by atoms with Crippen molar-refractivity contribution in [3.8, 4) is 16.9 Å². The van der Waals surface area contributed by atoms with Gasteiger partial charge in [-0.25, -0.2) is 0 Å². The van der Waals surface area contributed by atoms with Crippen molar-refractivity contribution in [2.45, 2.75) is 6.92 Å². The van der Waals surface area contributed by atoms with Crippen LogP contribution < -0.4 is 0 Å². The van der Waals surface area contributed by atoms with Crippen LogP contribution in [0.3, 0.4) is 0 Å². The van der Waals surface area contributed by atoms with Gasteiger partial charge in [-0.3, -0.25) is 10.1 Å². The van der Waals surface area contributed by atoms with Gasteiger partial charge in [0.2, 0.25) is 0 Å². The molecule has 0 aliphatic rings. The molecule has 0 aliphatic heterocycles. The predicted molar refractivity (Wildman–Crippen MR) is 82.6 cm³/mol. The zero-order valence-electron chi connectivity index (χ0n) is 11.6. The van der Waals surface area contributed by atoms with Crippen LogP contribution in [0.4, 0.5) is 5.69 Å². The average Bonchev–Trinajstić information content (AvgIpc) is 2.98. The number of hydrogen-bond acceptors (Lipinski definition) is 2. The summed E-state index contributed by atoms with van der Waals surface area (Å²) in [5.74, 6) is 0. The lowest BCUT2D eigenvalue weighted by Gasteiger charge is -2.10. The van der Waals surface area contributed by atoms with Crippen LogP contribution in [0.15, 0.2) is 66.9 Å². The summed E-state index contributed by atoms with van der Waals surface area (Å²) >= 11 is 0. The third-order valence-corrected chi connectivity index (χ3v) is 3.48. The maximum Gasteiger partial charge on any atom is 0.272 e. The first-order valence-electron chi connectivity index (χ1n) is 6.65. The van der Waals surface area contributed by atoms with Gasteiger partial charge in [0.05, 0.1) is 10.6 Å². The molecule has 0 aliphatic carbocycles. The predicted octanol–water partition coefficient (Wildman–Crippen LogP) is 4.36. The Bertz CT molecular complexity index is 792. The van der Waals surface area contributed by atoms with Crippen LogP contribution in [-0.4, -0.2) is 9.49 Å². The fourth-order valence-corrected chi connectivity index (χ4v) is 2.40. The minimum absolute atomic E-state index is 0.147. The van der Waals surface area contributed by atoms with E-state index in [2.05, 4.69) is 0 Å². The molecule has 0 bridgehead atoms. The molecule has 2 aromatic carbocycles. The van der Waals surface area contributed by atoms with Crippen molar-refractivity contribution in [1.29, 1.82) is 0 Å². The Balaban J connectivity index is 2.13. The van der Waals surface area contributed by atoms with Gasteiger partial charge in [0.15, 0.2) is 0 Å². The van der Waals surface area contributed by atoms with Crippen molar-refractivity contribution in [2.24, 2.45) is 0 Å². The molecule has 0 fully saturated rings. The summed E-state index contributed by atoms with van der Waals surface area (Å²) in [5.41, 5.74) is 3.61. The van der Waals surface area contributed by atoms with Gasteiger partial charge in [-0.15, -0.1) is 0 Å². The average molecular weight is 278 g/mol. The normalized spacial score (nSPS) is 10.5. The summed E-state index contributed by atoms with van der Waals surface area (Å²) in [7, 11) is 0. The van der Waals surface area contributed by atoms with Crippen molar-refractivity contribution < 1.29 is 4.92 Å². The van der Waals surface area contributed by atoms with Crippen molar-refractivity contribution in [3.63, 3.8) is 0 Å². The van der Waals surface area contributed by atoms with E-state index in [4.69, 9.17) is 0 Å². The Morgan fingerprint density at radius 3 is 2.48 bits per heavy atom. The highest BCUT2D eigenvalue weighted by Crippen LogP contribution is 2.28. The molecule has 104 valence electrons. The summed E-state index contributed by atoms with van der Waals surface area (Å²) in [6.45, 7) is 1.75. The topological polar surface area (TPSA) is 48.1 Å². The van der Waals surface area contributed by atoms with E-state index in [1.54, 1.807) is 19.1 Å². The number of benzene rings is 2. The Morgan fingerprint density at radius 2 is 1.76 bits per heavy atom. The van der Waals surface area contributed by atoms with Gasteiger partial charge in [0.25, 0.3) is 5.69 Å². The fourth-order valence-electron chi connectivity index (χ4n) is 2.40. The number of rotatable bonds is 3. The number of aromatic nitrogens is 1. The van der Waals surface area contributed by atoms with Crippen LogP contribution in [0.1, 0.15) is 5.56 Å². The maximum absolute atomic E-state index is 11.1. The minimum Gasteiger partial charge on any atom is -0.317 e. The summed E-state index contributed by atoms with van der Waals surface area (Å²) in [4.78, 5) is 10.8. The van der Waals surface area contributed by atoms with E-state index in [9.17, 15) is 10.1 Å². The van der Waals surface area contributed by atoms with Gasteiger partial charge < -0.3 is 4.57 Å². The second kappa shape index (κ2) is 5.25. The minimum atomic E-state index is -0.339. The van der Waals surface area contributed by atoms with Crippen molar-refractivity contribution in [3.05, 3.63) is 82.5 Å². The lowest BCUT2D eigenvalue weighted by Crippen LogP contribution is -1.96. The van der Waals surface area contributed by atoms with Gasteiger partial charge >= 0.3 is 0 Å². The molecule has 1 aromatic heterocycles. The number of nitrogens with zero attached hydrogens (tertiary/aromatic N) is 2. The Hall–Kier alpha value is -2.88. The first-order chi connectivity index (χ1) is 10.2. The van der Waals surface area contributed by atoms with Crippen LogP contribution in [0.25, 0.3) is 16.9 Å². The highest BCUT2D eigenvalue weighted by molar-refractivity contribution is 5.67. The lowest BCUT2D eigenvalue weighted by molar-refractivity contribution is -0.385. The molecular formula is C17H14N2O2. The van der Waals surface area contributed by atoms with E-state index in [1.165, 1.54) is 0 Å². The highest BCUT2D eigenvalue weighted by Gasteiger charge is 2.14. The number of nitro groups is 1. The van der Waals surface area contributed by atoms with Crippen LogP contribution >= 0.6 is 0 Å². The van der Waals surface area contributed by atoms with E-state index < -0.39 is 0 Å². The molecule has 3 rings (SSSR count). The molecule has 0 radical (unpaired) electrons. The number of nitro benzene ring substituents is 1. The molecule has 4 heteroatoms. The maximum atomic E-state index is 11.1. The zero-order valence-corrected chi connectivity index (χ0v) is 11.6. The van der Waals surface area contributed by atoms with Gasteiger partial charge in [-0.2, -0.15) is 0 Å². The second-order valence-electron chi connectivity index (χ2n) is 4.86. The van der Waals surface area contributed by atoms with Crippen LogP contribution in [-0.2, 0) is 0 Å². The summed E-state index contributed by atoms with van der Waals surface area (Å²) < 4.78 is 2.02. The Labute approximate surface area is 122 Å². The molecule has 3 aromatic rings. The number of para-hydroxylation sites is 1. The fraction of sp³-hybridized carbons (Fsp3) is 0.0588. The third-order valence-electron chi connectivity index (χ3n) is 3.48. The highest BCUT2D eigenvalue weighted by atomic mass is 16.6. The Morgan fingerprint density at radius 1 is 1.00 bits per heavy atom. The number of hydrogen-bond donors (Lipinski definition) is 0. The first-order valence-corrected chi connectivity index (χ1v) is 6.65. The third kappa shape index (κ3) is 2.43. The largest absolute Gasteiger partial charge is 0.317 e. The molecule has 4 nitrogen and oxygen atoms in total. The van der Waals surface area contributed by atoms with E-state index in [0.717, 1.165) is 16.9 Å². The monoisotopic (exact) mass is 278 g/mol. The number of aryl methyl sites for hydroxylation is 1. The second-order valence-corrected chi connectivity index (χ2v) is 4.86. The molecule has 1 heterocycles. The van der Waals surface area contributed by atoms with Crippen molar-refractivity contribution in [2.75, 3.05) is 0 Å². The van der Waals surface area contributed by atoms with E-state index in [0.29, 0.717) is 5.56 Å². The lowest BCUT2D eigenvalue weighted by atomic mass is 10.1. The molecule has 0 saturated heterocycles. The first kappa shape index (κ1) is 13.1. The smallest absolute Gasteiger partial charge is 0.272 e. The van der Waals surface area contributed by atoms with E-state index >= 15 is 0 Å². The van der Waals surface area contributed by atoms with E-state index in [-0.39, 0.29) is 10.6 Å². The van der Waals surface area contributed by atoms with Gasteiger partial charge in [0.1, 0.15) is 0 Å². The SMILES string of the molecule is Cc1ccc(-c2cccn2-c2ccccc2)cc1[N+](=O)[O-]. The standard InChI is InChI=1S/C17H14N2O2/c1-13-9-10-14(12-17(13)19(20)21)16-8-5-11-18(16)15-6-3-2-4-7-15/h2-12H,1H3. The summed E-state index contributed by atoms with van der Waals surface area (Å²) in [6, 6.07) is 19.1. The molecule has 0 N–H and O–H groups in total. The van der Waals surface area contributed by atoms with E-state index in [1.807, 2.05) is 59.3 Å². The molecule has 21 heavy (non-hydrogen) atoms. The molecule has 0 spiro atoms. The molecule has 0 atom stereocenters. The van der Waals surface area contributed by atoms with Crippen LogP contribution in [0.5, 0.6) is 0 Å². The summed E-state index contributed by atoms with van der Waals surface area (Å²) in [5, 5.41) is 11.1. The molecule has 0 amide bonds. The Kier molecular flexibility index (Phi) is 3.28. The van der Waals surface area contributed by atoms with Crippen molar-refractivity contribution in [1.82, 2.24) is 4.57 Å². The van der Waals surface area contributed by atoms with Gasteiger partial charge in [0, 0.05) is 29.1 Å². The molecule has 0 saturated carbocycles. The van der Waals surface area contributed by atoms with Crippen LogP contribution in [0.2, 0.25) is 0 Å². The van der Waals surface area contributed by atoms with Crippen LogP contribution in [0, 0.1) is 17.0 Å². The van der Waals surface area contributed by atoms with Gasteiger partial charge in [-0.05, 0) is 31.2 Å². The quantitative estimate of drug-likeness (QED) is 0.528. The van der Waals surface area contributed by atoms with Gasteiger partial charge in [-0.1, -0.05) is 30.3 Å². The molecular weight excluding hydrogens is 264 g/mol. The zero-order chi connectivity index (χ0) is 14.8. The van der Waals surface area contributed by atoms with Crippen molar-refractivity contribution >= 4 is 5.69 Å².